The van der Waals surface area contributed by atoms with E-state index in [2.05, 4.69) is 0 Å². The van der Waals surface area contributed by atoms with E-state index in [1.165, 1.54) is 0 Å². The molecule has 2 aromatic rings. The molecule has 0 spiro atoms. The Labute approximate surface area is 128 Å². The molecule has 1 amide bonds. The van der Waals surface area contributed by atoms with Crippen molar-refractivity contribution in [1.82, 2.24) is 0 Å². The zero-order chi connectivity index (χ0) is 15.9. The predicted molar refractivity (Wildman–Crippen MR) is 82.4 cm³/mol. The lowest BCUT2D eigenvalue weighted by atomic mass is 10.1. The summed E-state index contributed by atoms with van der Waals surface area (Å²) < 4.78 is 10.7. The summed E-state index contributed by atoms with van der Waals surface area (Å²) in [6.45, 7) is 2.40. The van der Waals surface area contributed by atoms with Crippen LogP contribution in [0, 0.1) is 0 Å². The maximum absolute atomic E-state index is 12.0. The Kier molecular flexibility index (Phi) is 5.14. The molecule has 0 aliphatic heterocycles. The van der Waals surface area contributed by atoms with Gasteiger partial charge in [-0.25, -0.2) is 0 Å². The molecule has 5 nitrogen and oxygen atoms in total. The molecule has 0 aliphatic rings. The summed E-state index contributed by atoms with van der Waals surface area (Å²) in [6.07, 6.45) is 0. The number of amides is 1. The number of ketones is 1. The standard InChI is InChI=1S/C17H17NO4/c1-2-21-14-7-3-12(4-8-14)16(19)11-22-15-9-5-13(6-10-15)17(18)20/h3-10H,2,11H2,1H3,(H2,18,20). The number of Topliss-reactive ketones (excluding diaryl/α,β-unsaturated/α-hetero) is 1. The third-order valence-corrected chi connectivity index (χ3v) is 3.00. The van der Waals surface area contributed by atoms with Crippen LogP contribution in [-0.2, 0) is 0 Å². The summed E-state index contributed by atoms with van der Waals surface area (Å²) in [6, 6.07) is 13.2. The van der Waals surface area contributed by atoms with Crippen LogP contribution >= 0.6 is 0 Å². The fourth-order valence-electron chi connectivity index (χ4n) is 1.85. The highest BCUT2D eigenvalue weighted by Crippen LogP contribution is 2.15. The Morgan fingerprint density at radius 1 is 0.864 bits per heavy atom. The van der Waals surface area contributed by atoms with Gasteiger partial charge in [0.2, 0.25) is 5.91 Å². The Morgan fingerprint density at radius 3 is 1.86 bits per heavy atom. The van der Waals surface area contributed by atoms with Crippen molar-refractivity contribution in [2.24, 2.45) is 5.73 Å². The van der Waals surface area contributed by atoms with Crippen LogP contribution in [0.5, 0.6) is 11.5 Å². The lowest BCUT2D eigenvalue weighted by molar-refractivity contribution is 0.0920. The quantitative estimate of drug-likeness (QED) is 0.796. The molecule has 0 fully saturated rings. The van der Waals surface area contributed by atoms with Gasteiger partial charge in [0.05, 0.1) is 6.61 Å². The van der Waals surface area contributed by atoms with Gasteiger partial charge in [-0.3, -0.25) is 9.59 Å². The summed E-state index contributed by atoms with van der Waals surface area (Å²) in [7, 11) is 0. The van der Waals surface area contributed by atoms with E-state index in [9.17, 15) is 9.59 Å². The van der Waals surface area contributed by atoms with E-state index in [4.69, 9.17) is 15.2 Å². The van der Waals surface area contributed by atoms with Crippen molar-refractivity contribution in [2.75, 3.05) is 13.2 Å². The second-order valence-corrected chi connectivity index (χ2v) is 4.56. The molecular formula is C17H17NO4. The van der Waals surface area contributed by atoms with Crippen LogP contribution in [0.3, 0.4) is 0 Å². The molecule has 22 heavy (non-hydrogen) atoms. The number of hydrogen-bond acceptors (Lipinski definition) is 4. The van der Waals surface area contributed by atoms with Crippen LogP contribution in [0.15, 0.2) is 48.5 Å². The van der Waals surface area contributed by atoms with Gasteiger partial charge in [0, 0.05) is 11.1 Å². The molecule has 0 bridgehead atoms. The fraction of sp³-hybridized carbons (Fsp3) is 0.176. The molecule has 0 aromatic heterocycles. The van der Waals surface area contributed by atoms with Crippen LogP contribution in [0.2, 0.25) is 0 Å². The molecule has 0 radical (unpaired) electrons. The number of hydrogen-bond donors (Lipinski definition) is 1. The van der Waals surface area contributed by atoms with Gasteiger partial charge in [-0.05, 0) is 55.5 Å². The third-order valence-electron chi connectivity index (χ3n) is 3.00. The first-order valence-electron chi connectivity index (χ1n) is 6.89. The zero-order valence-electron chi connectivity index (χ0n) is 12.2. The predicted octanol–water partition coefficient (Wildman–Crippen LogP) is 2.45. The van der Waals surface area contributed by atoms with Crippen LogP contribution in [0.1, 0.15) is 27.6 Å². The van der Waals surface area contributed by atoms with Gasteiger partial charge in [-0.2, -0.15) is 0 Å². The number of benzene rings is 2. The van der Waals surface area contributed by atoms with Crippen molar-refractivity contribution in [1.29, 1.82) is 0 Å². The minimum atomic E-state index is -0.503. The molecule has 0 saturated carbocycles. The van der Waals surface area contributed by atoms with Crippen molar-refractivity contribution >= 4 is 11.7 Å². The smallest absolute Gasteiger partial charge is 0.248 e. The van der Waals surface area contributed by atoms with Crippen LogP contribution < -0.4 is 15.2 Å². The van der Waals surface area contributed by atoms with Gasteiger partial charge in [0.25, 0.3) is 0 Å². The zero-order valence-corrected chi connectivity index (χ0v) is 12.2. The average molecular weight is 299 g/mol. The third kappa shape index (κ3) is 4.09. The maximum atomic E-state index is 12.0. The summed E-state index contributed by atoms with van der Waals surface area (Å²) in [4.78, 5) is 23.0. The average Bonchev–Trinajstić information content (AvgIpc) is 2.54. The summed E-state index contributed by atoms with van der Waals surface area (Å²) >= 11 is 0. The van der Waals surface area contributed by atoms with Crippen molar-refractivity contribution in [3.05, 3.63) is 59.7 Å². The minimum Gasteiger partial charge on any atom is -0.494 e. The topological polar surface area (TPSA) is 78.6 Å². The van der Waals surface area contributed by atoms with E-state index in [1.807, 2.05) is 6.92 Å². The first-order chi connectivity index (χ1) is 10.6. The minimum absolute atomic E-state index is 0.0795. The number of carbonyl (C=O) groups is 2. The van der Waals surface area contributed by atoms with Crippen LogP contribution in [0.4, 0.5) is 0 Å². The summed E-state index contributed by atoms with van der Waals surface area (Å²) in [5.74, 6) is 0.588. The largest absolute Gasteiger partial charge is 0.494 e. The molecule has 114 valence electrons. The number of rotatable bonds is 7. The molecule has 2 rings (SSSR count). The van der Waals surface area contributed by atoms with Crippen molar-refractivity contribution in [3.8, 4) is 11.5 Å². The Balaban J connectivity index is 1.93. The molecule has 0 saturated heterocycles. The van der Waals surface area contributed by atoms with Crippen LogP contribution in [-0.4, -0.2) is 24.9 Å². The highest BCUT2D eigenvalue weighted by molar-refractivity contribution is 5.97. The van der Waals surface area contributed by atoms with E-state index in [0.29, 0.717) is 23.5 Å². The van der Waals surface area contributed by atoms with Crippen molar-refractivity contribution in [2.45, 2.75) is 6.92 Å². The number of ether oxygens (including phenoxy) is 2. The van der Waals surface area contributed by atoms with Gasteiger partial charge < -0.3 is 15.2 Å². The monoisotopic (exact) mass is 299 g/mol. The van der Waals surface area contributed by atoms with Crippen molar-refractivity contribution in [3.63, 3.8) is 0 Å². The van der Waals surface area contributed by atoms with Gasteiger partial charge in [-0.15, -0.1) is 0 Å². The maximum Gasteiger partial charge on any atom is 0.248 e. The van der Waals surface area contributed by atoms with Gasteiger partial charge in [0.15, 0.2) is 12.4 Å². The number of carbonyl (C=O) groups excluding carboxylic acids is 2. The molecule has 0 heterocycles. The molecule has 2 aromatic carbocycles. The second kappa shape index (κ2) is 7.26. The summed E-state index contributed by atoms with van der Waals surface area (Å²) in [5, 5.41) is 0. The molecule has 0 unspecified atom stereocenters. The van der Waals surface area contributed by atoms with E-state index in [0.717, 1.165) is 5.75 Å². The Bertz CT molecular complexity index is 647. The second-order valence-electron chi connectivity index (χ2n) is 4.56. The summed E-state index contributed by atoms with van der Waals surface area (Å²) in [5.41, 5.74) is 6.10. The van der Waals surface area contributed by atoms with Gasteiger partial charge in [-0.1, -0.05) is 0 Å². The Morgan fingerprint density at radius 2 is 1.36 bits per heavy atom. The first kappa shape index (κ1) is 15.6. The van der Waals surface area contributed by atoms with Crippen molar-refractivity contribution < 1.29 is 19.1 Å². The number of nitrogens with two attached hydrogens (primary N) is 1. The van der Waals surface area contributed by atoms with Crippen LogP contribution in [0.25, 0.3) is 0 Å². The molecule has 0 aliphatic carbocycles. The molecular weight excluding hydrogens is 282 g/mol. The lowest BCUT2D eigenvalue weighted by Crippen LogP contribution is -2.12. The highest BCUT2D eigenvalue weighted by Gasteiger charge is 2.08. The number of primary amides is 1. The Hall–Kier alpha value is -2.82. The molecule has 2 N–H and O–H groups in total. The van der Waals surface area contributed by atoms with E-state index < -0.39 is 5.91 Å². The SMILES string of the molecule is CCOc1ccc(C(=O)COc2ccc(C(N)=O)cc2)cc1. The van der Waals surface area contributed by atoms with E-state index in [-0.39, 0.29) is 12.4 Å². The lowest BCUT2D eigenvalue weighted by Gasteiger charge is -2.07. The normalized spacial score (nSPS) is 10.0. The fourth-order valence-corrected chi connectivity index (χ4v) is 1.85. The van der Waals surface area contributed by atoms with Gasteiger partial charge in [0.1, 0.15) is 11.5 Å². The molecule has 5 heteroatoms. The molecule has 0 atom stereocenters. The van der Waals surface area contributed by atoms with E-state index >= 15 is 0 Å². The highest BCUT2D eigenvalue weighted by atomic mass is 16.5. The van der Waals surface area contributed by atoms with Gasteiger partial charge >= 0.3 is 0 Å². The van der Waals surface area contributed by atoms with E-state index in [1.54, 1.807) is 48.5 Å². The first-order valence-corrected chi connectivity index (χ1v) is 6.89.